The minimum absolute atomic E-state index is 1.23. The molecule has 17 heavy (non-hydrogen) atoms. The fourth-order valence-corrected chi connectivity index (χ4v) is 2.33. The maximum Gasteiger partial charge on any atom is 0.0147 e. The summed E-state index contributed by atoms with van der Waals surface area (Å²) in [5, 5.41) is 0. The van der Waals surface area contributed by atoms with Crippen LogP contribution in [-0.2, 0) is 6.42 Å². The van der Waals surface area contributed by atoms with Crippen molar-refractivity contribution in [3.8, 4) is 0 Å². The third kappa shape index (κ3) is 8.06. The van der Waals surface area contributed by atoms with E-state index in [4.69, 9.17) is 0 Å². The topological polar surface area (TPSA) is 15.8 Å². The highest BCUT2D eigenvalue weighted by molar-refractivity contribution is 5.03. The Morgan fingerprint density at radius 3 is 1.94 bits per heavy atom. The van der Waals surface area contributed by atoms with E-state index in [1.54, 1.807) is 0 Å². The van der Waals surface area contributed by atoms with Crippen LogP contribution in [0.2, 0.25) is 0 Å². The first kappa shape index (κ1) is 14.3. The van der Waals surface area contributed by atoms with Gasteiger partial charge in [0.05, 0.1) is 0 Å². The zero-order chi connectivity index (χ0) is 12.2. The molecule has 0 unspecified atom stereocenters. The quantitative estimate of drug-likeness (QED) is 0.489. The molecule has 0 fully saturated rings. The molecule has 1 aromatic heterocycles. The lowest BCUT2D eigenvalue weighted by atomic mass is 10.1. The largest absolute Gasteiger partial charge is 0.365 e. The molecule has 0 spiro atoms. The lowest BCUT2D eigenvalue weighted by molar-refractivity contribution is 0.555. The normalized spacial score (nSPS) is 10.9. The molecule has 1 rings (SSSR count). The van der Waals surface area contributed by atoms with Gasteiger partial charge in [-0.25, -0.2) is 0 Å². The van der Waals surface area contributed by atoms with Crippen LogP contribution in [-0.4, -0.2) is 4.98 Å². The fourth-order valence-electron chi connectivity index (χ4n) is 2.33. The first-order chi connectivity index (χ1) is 8.43. The van der Waals surface area contributed by atoms with Crippen molar-refractivity contribution in [3.05, 3.63) is 24.0 Å². The summed E-state index contributed by atoms with van der Waals surface area (Å²) in [4.78, 5) is 3.27. The molecule has 0 saturated heterocycles. The van der Waals surface area contributed by atoms with Gasteiger partial charge in [0, 0.05) is 11.9 Å². The van der Waals surface area contributed by atoms with Crippen molar-refractivity contribution >= 4 is 0 Å². The van der Waals surface area contributed by atoms with Gasteiger partial charge in [0.15, 0.2) is 0 Å². The summed E-state index contributed by atoms with van der Waals surface area (Å²) < 4.78 is 0. The van der Waals surface area contributed by atoms with E-state index in [1.807, 2.05) is 6.20 Å². The van der Waals surface area contributed by atoms with Crippen LogP contribution in [0.3, 0.4) is 0 Å². The molecule has 1 nitrogen and oxygen atoms in total. The van der Waals surface area contributed by atoms with E-state index in [-0.39, 0.29) is 0 Å². The van der Waals surface area contributed by atoms with Crippen LogP contribution in [0.5, 0.6) is 0 Å². The Bertz CT molecular complexity index is 238. The Morgan fingerprint density at radius 2 is 1.41 bits per heavy atom. The molecule has 1 N–H and O–H groups in total. The van der Waals surface area contributed by atoms with Gasteiger partial charge in [-0.2, -0.15) is 0 Å². The molecule has 0 aliphatic rings. The van der Waals surface area contributed by atoms with Crippen molar-refractivity contribution in [3.63, 3.8) is 0 Å². The van der Waals surface area contributed by atoms with Gasteiger partial charge >= 0.3 is 0 Å². The van der Waals surface area contributed by atoms with Gasteiger partial charge in [-0.3, -0.25) is 0 Å². The van der Waals surface area contributed by atoms with E-state index in [2.05, 4.69) is 24.0 Å². The molecule has 1 aromatic rings. The van der Waals surface area contributed by atoms with Crippen molar-refractivity contribution in [2.75, 3.05) is 0 Å². The number of aryl methyl sites for hydroxylation is 1. The number of hydrogen-bond donors (Lipinski definition) is 1. The lowest BCUT2D eigenvalue weighted by Gasteiger charge is -2.02. The smallest absolute Gasteiger partial charge is 0.0147 e. The molecule has 0 bridgehead atoms. The minimum Gasteiger partial charge on any atom is -0.365 e. The van der Waals surface area contributed by atoms with E-state index in [0.717, 1.165) is 0 Å². The predicted octanol–water partition coefficient (Wildman–Crippen LogP) is 5.48. The third-order valence-corrected chi connectivity index (χ3v) is 3.46. The summed E-state index contributed by atoms with van der Waals surface area (Å²) in [7, 11) is 0. The average molecular weight is 235 g/mol. The van der Waals surface area contributed by atoms with E-state index in [1.165, 1.54) is 76.3 Å². The van der Waals surface area contributed by atoms with Gasteiger partial charge in [0.25, 0.3) is 0 Å². The highest BCUT2D eigenvalue weighted by Crippen LogP contribution is 2.11. The second-order valence-corrected chi connectivity index (χ2v) is 5.13. The van der Waals surface area contributed by atoms with Gasteiger partial charge in [-0.1, -0.05) is 64.7 Å². The van der Waals surface area contributed by atoms with Gasteiger partial charge < -0.3 is 4.98 Å². The Labute approximate surface area is 107 Å². The summed E-state index contributed by atoms with van der Waals surface area (Å²) in [6, 6.07) is 4.28. The number of unbranched alkanes of at least 4 members (excludes halogenated alkanes) is 9. The van der Waals surface area contributed by atoms with Crippen LogP contribution in [0.25, 0.3) is 0 Å². The Kier molecular flexibility index (Phi) is 8.80. The van der Waals surface area contributed by atoms with Crippen LogP contribution in [0.1, 0.15) is 76.8 Å². The number of nitrogens with one attached hydrogen (secondary N) is 1. The SMILES string of the molecule is CCCCCCCCCCCCc1ccc[nH]1. The van der Waals surface area contributed by atoms with Crippen LogP contribution < -0.4 is 0 Å². The van der Waals surface area contributed by atoms with Crippen LogP contribution in [0.15, 0.2) is 18.3 Å². The van der Waals surface area contributed by atoms with Gasteiger partial charge in [0.2, 0.25) is 0 Å². The summed E-state index contributed by atoms with van der Waals surface area (Å²) >= 11 is 0. The number of aromatic amines is 1. The zero-order valence-electron chi connectivity index (χ0n) is 11.5. The molecule has 1 heterocycles. The molecule has 0 aliphatic heterocycles. The van der Waals surface area contributed by atoms with Crippen molar-refractivity contribution in [2.45, 2.75) is 77.6 Å². The molecule has 98 valence electrons. The van der Waals surface area contributed by atoms with Crippen molar-refractivity contribution in [2.24, 2.45) is 0 Å². The number of H-pyrrole nitrogens is 1. The molecule has 0 atom stereocenters. The summed E-state index contributed by atoms with van der Waals surface area (Å²) in [5.74, 6) is 0. The first-order valence-corrected chi connectivity index (χ1v) is 7.55. The van der Waals surface area contributed by atoms with Crippen LogP contribution in [0, 0.1) is 0 Å². The monoisotopic (exact) mass is 235 g/mol. The third-order valence-electron chi connectivity index (χ3n) is 3.46. The summed E-state index contributed by atoms with van der Waals surface area (Å²) in [6.45, 7) is 2.28. The van der Waals surface area contributed by atoms with E-state index < -0.39 is 0 Å². The number of rotatable bonds is 11. The van der Waals surface area contributed by atoms with Crippen LogP contribution >= 0.6 is 0 Å². The number of aromatic nitrogens is 1. The molecule has 0 aliphatic carbocycles. The van der Waals surface area contributed by atoms with Crippen molar-refractivity contribution in [1.82, 2.24) is 4.98 Å². The van der Waals surface area contributed by atoms with Gasteiger partial charge in [-0.05, 0) is 25.0 Å². The first-order valence-electron chi connectivity index (χ1n) is 7.55. The minimum atomic E-state index is 1.23. The predicted molar refractivity (Wildman–Crippen MR) is 76.3 cm³/mol. The lowest BCUT2D eigenvalue weighted by Crippen LogP contribution is -1.86. The highest BCUT2D eigenvalue weighted by Gasteiger charge is 1.94. The average Bonchev–Trinajstić information content (AvgIpc) is 2.85. The van der Waals surface area contributed by atoms with E-state index in [0.29, 0.717) is 0 Å². The molecular formula is C16H29N. The highest BCUT2D eigenvalue weighted by atomic mass is 14.7. The second-order valence-electron chi connectivity index (χ2n) is 5.13. The fraction of sp³-hybridized carbons (Fsp3) is 0.750. The zero-order valence-corrected chi connectivity index (χ0v) is 11.5. The maximum atomic E-state index is 3.27. The summed E-state index contributed by atoms with van der Waals surface area (Å²) in [6.07, 6.45) is 17.4. The van der Waals surface area contributed by atoms with Gasteiger partial charge in [0.1, 0.15) is 0 Å². The molecular weight excluding hydrogens is 206 g/mol. The molecule has 0 aromatic carbocycles. The molecule has 0 amide bonds. The Morgan fingerprint density at radius 1 is 0.824 bits per heavy atom. The Balaban J connectivity index is 1.76. The van der Waals surface area contributed by atoms with Crippen molar-refractivity contribution in [1.29, 1.82) is 0 Å². The molecule has 1 heteroatoms. The summed E-state index contributed by atoms with van der Waals surface area (Å²) in [5.41, 5.74) is 1.39. The standard InChI is InChI=1S/C16H29N/c1-2-3-4-5-6-7-8-9-10-11-13-16-14-12-15-17-16/h12,14-15,17H,2-11,13H2,1H3. The van der Waals surface area contributed by atoms with E-state index in [9.17, 15) is 0 Å². The number of hydrogen-bond acceptors (Lipinski definition) is 0. The molecule has 0 radical (unpaired) electrons. The maximum absolute atomic E-state index is 3.27. The van der Waals surface area contributed by atoms with Gasteiger partial charge in [-0.15, -0.1) is 0 Å². The van der Waals surface area contributed by atoms with Crippen LogP contribution in [0.4, 0.5) is 0 Å². The molecule has 0 saturated carbocycles. The second kappa shape index (κ2) is 10.4. The Hall–Kier alpha value is -0.720. The van der Waals surface area contributed by atoms with E-state index >= 15 is 0 Å². The van der Waals surface area contributed by atoms with Crippen molar-refractivity contribution < 1.29 is 0 Å².